The van der Waals surface area contributed by atoms with Crippen LogP contribution in [0.5, 0.6) is 5.75 Å². The predicted molar refractivity (Wildman–Crippen MR) is 84.5 cm³/mol. The Balaban J connectivity index is 2.36. The molecule has 2 nitrogen and oxygen atoms in total. The maximum absolute atomic E-state index is 10.4. The Kier molecular flexibility index (Phi) is 4.88. The molecule has 6 heteroatoms. The zero-order valence-electron chi connectivity index (χ0n) is 9.28. The van der Waals surface area contributed by atoms with Gasteiger partial charge in [0.15, 0.2) is 0 Å². The summed E-state index contributed by atoms with van der Waals surface area (Å²) in [5, 5.41) is 10.4. The highest BCUT2D eigenvalue weighted by molar-refractivity contribution is 9.13. The summed E-state index contributed by atoms with van der Waals surface area (Å²) in [7, 11) is 1.62. The third kappa shape index (κ3) is 2.99. The molecular weight excluding hydrogens is 448 g/mol. The van der Waals surface area contributed by atoms with Gasteiger partial charge in [-0.15, -0.1) is 11.3 Å². The van der Waals surface area contributed by atoms with Crippen LogP contribution in [0.4, 0.5) is 0 Å². The van der Waals surface area contributed by atoms with Gasteiger partial charge in [0.2, 0.25) is 0 Å². The van der Waals surface area contributed by atoms with Gasteiger partial charge in [-0.1, -0.05) is 22.0 Å². The lowest BCUT2D eigenvalue weighted by atomic mass is 10.1. The highest BCUT2D eigenvalue weighted by Gasteiger charge is 2.17. The van der Waals surface area contributed by atoms with Gasteiger partial charge in [-0.25, -0.2) is 0 Å². The van der Waals surface area contributed by atoms with Crippen molar-refractivity contribution in [1.29, 1.82) is 0 Å². The molecular formula is C12H9Br3O2S. The molecule has 0 saturated heterocycles. The first-order valence-electron chi connectivity index (χ1n) is 4.99. The van der Waals surface area contributed by atoms with Gasteiger partial charge in [0.25, 0.3) is 0 Å². The van der Waals surface area contributed by atoms with E-state index in [0.29, 0.717) is 0 Å². The van der Waals surface area contributed by atoms with Crippen molar-refractivity contribution >= 4 is 59.1 Å². The van der Waals surface area contributed by atoms with Crippen molar-refractivity contribution in [1.82, 2.24) is 0 Å². The summed E-state index contributed by atoms with van der Waals surface area (Å²) in [6.45, 7) is 0. The standard InChI is InChI=1S/C12H9Br3O2S/c1-17-6-2-3-7(8(13)4-6)11(16)10-5-9(14)12(15)18-10/h2-5,11,16H,1H3. The molecule has 1 N–H and O–H groups in total. The lowest BCUT2D eigenvalue weighted by Crippen LogP contribution is -1.98. The third-order valence-electron chi connectivity index (χ3n) is 2.44. The van der Waals surface area contributed by atoms with E-state index in [1.165, 1.54) is 11.3 Å². The van der Waals surface area contributed by atoms with Crippen LogP contribution in [0.25, 0.3) is 0 Å². The zero-order valence-corrected chi connectivity index (χ0v) is 14.9. The molecule has 18 heavy (non-hydrogen) atoms. The lowest BCUT2D eigenvalue weighted by Gasteiger charge is -2.12. The van der Waals surface area contributed by atoms with Crippen LogP contribution in [0.3, 0.4) is 0 Å². The number of thiophene rings is 1. The summed E-state index contributed by atoms with van der Waals surface area (Å²) in [6, 6.07) is 7.45. The van der Waals surface area contributed by atoms with Crippen molar-refractivity contribution < 1.29 is 9.84 Å². The topological polar surface area (TPSA) is 29.5 Å². The van der Waals surface area contributed by atoms with Gasteiger partial charge in [0.1, 0.15) is 11.9 Å². The largest absolute Gasteiger partial charge is 0.497 e. The zero-order chi connectivity index (χ0) is 13.3. The normalized spacial score (nSPS) is 12.5. The van der Waals surface area contributed by atoms with Gasteiger partial charge in [-0.2, -0.15) is 0 Å². The summed E-state index contributed by atoms with van der Waals surface area (Å²) in [6.07, 6.45) is -0.655. The quantitative estimate of drug-likeness (QED) is 0.694. The van der Waals surface area contributed by atoms with E-state index in [-0.39, 0.29) is 0 Å². The summed E-state index contributed by atoms with van der Waals surface area (Å²) in [5.74, 6) is 0.756. The minimum Gasteiger partial charge on any atom is -0.497 e. The number of methoxy groups -OCH3 is 1. The van der Waals surface area contributed by atoms with Gasteiger partial charge in [-0.05, 0) is 50.1 Å². The van der Waals surface area contributed by atoms with E-state index in [1.54, 1.807) is 7.11 Å². The maximum Gasteiger partial charge on any atom is 0.120 e. The second-order valence-electron chi connectivity index (χ2n) is 3.56. The molecule has 1 heterocycles. The van der Waals surface area contributed by atoms with Crippen LogP contribution in [0.15, 0.2) is 37.0 Å². The number of rotatable bonds is 3. The van der Waals surface area contributed by atoms with Gasteiger partial charge in [-0.3, -0.25) is 0 Å². The van der Waals surface area contributed by atoms with Gasteiger partial charge >= 0.3 is 0 Å². The van der Waals surface area contributed by atoms with E-state index in [2.05, 4.69) is 47.8 Å². The number of aliphatic hydroxyl groups is 1. The van der Waals surface area contributed by atoms with Crippen LogP contribution >= 0.6 is 59.1 Å². The molecule has 1 aromatic carbocycles. The van der Waals surface area contributed by atoms with Crippen molar-refractivity contribution in [2.75, 3.05) is 7.11 Å². The Bertz CT molecular complexity index is 549. The molecule has 1 aromatic heterocycles. The van der Waals surface area contributed by atoms with Crippen molar-refractivity contribution in [2.24, 2.45) is 0 Å². The van der Waals surface area contributed by atoms with E-state index < -0.39 is 6.10 Å². The Hall–Kier alpha value is 0.120. The molecule has 96 valence electrons. The minimum absolute atomic E-state index is 0.655. The minimum atomic E-state index is -0.655. The molecule has 0 radical (unpaired) electrons. The highest BCUT2D eigenvalue weighted by atomic mass is 79.9. The average Bonchev–Trinajstić information content (AvgIpc) is 2.68. The van der Waals surface area contributed by atoms with Crippen molar-refractivity contribution in [3.05, 3.63) is 47.4 Å². The predicted octanol–water partition coefficient (Wildman–Crippen LogP) is 5.13. The maximum atomic E-state index is 10.4. The molecule has 0 fully saturated rings. The van der Waals surface area contributed by atoms with Crippen molar-refractivity contribution in [2.45, 2.75) is 6.10 Å². The van der Waals surface area contributed by atoms with Crippen LogP contribution in [0, 0.1) is 0 Å². The second-order valence-corrected chi connectivity index (χ2v) is 7.67. The first-order valence-corrected chi connectivity index (χ1v) is 8.18. The van der Waals surface area contributed by atoms with E-state index in [4.69, 9.17) is 4.74 Å². The monoisotopic (exact) mass is 454 g/mol. The molecule has 2 rings (SSSR count). The first kappa shape index (κ1) is 14.5. The summed E-state index contributed by atoms with van der Waals surface area (Å²) in [5.41, 5.74) is 0.817. The molecule has 0 aliphatic heterocycles. The van der Waals surface area contributed by atoms with Gasteiger partial charge in [0, 0.05) is 19.4 Å². The van der Waals surface area contributed by atoms with Crippen LogP contribution in [-0.2, 0) is 0 Å². The molecule has 0 spiro atoms. The van der Waals surface area contributed by atoms with Crippen LogP contribution in [0.2, 0.25) is 0 Å². The van der Waals surface area contributed by atoms with Crippen LogP contribution in [0.1, 0.15) is 16.5 Å². The number of benzene rings is 1. The number of ether oxygens (including phenoxy) is 1. The molecule has 0 amide bonds. The fourth-order valence-corrected chi connectivity index (χ4v) is 4.18. The van der Waals surface area contributed by atoms with Crippen LogP contribution < -0.4 is 4.74 Å². The Morgan fingerprint density at radius 2 is 1.89 bits per heavy atom. The van der Waals surface area contributed by atoms with E-state index in [0.717, 1.165) is 28.9 Å². The number of aliphatic hydroxyl groups excluding tert-OH is 1. The lowest BCUT2D eigenvalue weighted by molar-refractivity contribution is 0.223. The van der Waals surface area contributed by atoms with E-state index in [1.807, 2.05) is 24.3 Å². The molecule has 0 aliphatic carbocycles. The Morgan fingerprint density at radius 1 is 1.17 bits per heavy atom. The summed E-state index contributed by atoms with van der Waals surface area (Å²) >= 11 is 11.8. The van der Waals surface area contributed by atoms with Gasteiger partial charge in [0.05, 0.1) is 10.9 Å². The van der Waals surface area contributed by atoms with Crippen LogP contribution in [-0.4, -0.2) is 12.2 Å². The molecule has 1 unspecified atom stereocenters. The van der Waals surface area contributed by atoms with Crippen molar-refractivity contribution in [3.8, 4) is 5.75 Å². The van der Waals surface area contributed by atoms with Crippen molar-refractivity contribution in [3.63, 3.8) is 0 Å². The fourth-order valence-electron chi connectivity index (χ4n) is 1.51. The van der Waals surface area contributed by atoms with Gasteiger partial charge < -0.3 is 9.84 Å². The summed E-state index contributed by atoms with van der Waals surface area (Å²) in [4.78, 5) is 0.875. The SMILES string of the molecule is COc1ccc(C(O)c2cc(Br)c(Br)s2)c(Br)c1. The van der Waals surface area contributed by atoms with E-state index in [9.17, 15) is 5.11 Å². The molecule has 0 bridgehead atoms. The average molecular weight is 457 g/mol. The third-order valence-corrected chi connectivity index (χ3v) is 6.43. The molecule has 1 atom stereocenters. The fraction of sp³-hybridized carbons (Fsp3) is 0.167. The summed E-state index contributed by atoms with van der Waals surface area (Å²) < 4.78 is 7.89. The number of halogens is 3. The highest BCUT2D eigenvalue weighted by Crippen LogP contribution is 2.39. The van der Waals surface area contributed by atoms with E-state index >= 15 is 0 Å². The number of hydrogen-bond acceptors (Lipinski definition) is 3. The second kappa shape index (κ2) is 6.05. The smallest absolute Gasteiger partial charge is 0.120 e. The molecule has 0 saturated carbocycles. The molecule has 2 aromatic rings. The Labute approximate surface area is 134 Å². The Morgan fingerprint density at radius 3 is 2.39 bits per heavy atom. The first-order chi connectivity index (χ1) is 8.52. The molecule has 0 aliphatic rings. The number of hydrogen-bond donors (Lipinski definition) is 1.